The van der Waals surface area contributed by atoms with Gasteiger partial charge in [0.05, 0.1) is 17.2 Å². The molecule has 25 heavy (non-hydrogen) atoms. The van der Waals surface area contributed by atoms with Crippen molar-refractivity contribution in [1.29, 1.82) is 0 Å². The predicted molar refractivity (Wildman–Crippen MR) is 98.6 cm³/mol. The highest BCUT2D eigenvalue weighted by atomic mass is 16.5. The number of aromatic nitrogens is 2. The van der Waals surface area contributed by atoms with Crippen molar-refractivity contribution in [2.75, 3.05) is 0 Å². The Labute approximate surface area is 144 Å². The van der Waals surface area contributed by atoms with Crippen LogP contribution in [0.1, 0.15) is 5.56 Å². The van der Waals surface area contributed by atoms with Gasteiger partial charge in [-0.25, -0.2) is 4.98 Å². The van der Waals surface area contributed by atoms with E-state index in [0.29, 0.717) is 17.5 Å². The molecule has 0 atom stereocenters. The van der Waals surface area contributed by atoms with Crippen LogP contribution in [-0.2, 0) is 6.61 Å². The second-order valence-corrected chi connectivity index (χ2v) is 5.76. The molecule has 0 amide bonds. The van der Waals surface area contributed by atoms with E-state index >= 15 is 0 Å². The zero-order valence-corrected chi connectivity index (χ0v) is 13.5. The molecule has 1 aromatic heterocycles. The van der Waals surface area contributed by atoms with Crippen molar-refractivity contribution in [1.82, 2.24) is 9.97 Å². The first kappa shape index (κ1) is 15.1. The van der Waals surface area contributed by atoms with Crippen molar-refractivity contribution in [3.05, 3.63) is 95.0 Å². The van der Waals surface area contributed by atoms with E-state index in [1.165, 1.54) is 6.33 Å². The van der Waals surface area contributed by atoms with Crippen molar-refractivity contribution in [3.8, 4) is 16.9 Å². The van der Waals surface area contributed by atoms with Gasteiger partial charge in [-0.1, -0.05) is 48.5 Å². The van der Waals surface area contributed by atoms with E-state index in [2.05, 4.69) is 9.97 Å². The van der Waals surface area contributed by atoms with Crippen LogP contribution in [0.2, 0.25) is 0 Å². The van der Waals surface area contributed by atoms with Gasteiger partial charge in [-0.05, 0) is 41.0 Å². The van der Waals surface area contributed by atoms with E-state index in [0.717, 1.165) is 22.4 Å². The van der Waals surface area contributed by atoms with Gasteiger partial charge in [0, 0.05) is 0 Å². The summed E-state index contributed by atoms with van der Waals surface area (Å²) < 4.78 is 5.81. The number of benzene rings is 3. The minimum atomic E-state index is -0.130. The molecule has 0 aliphatic carbocycles. The molecule has 0 unspecified atom stereocenters. The van der Waals surface area contributed by atoms with E-state index in [9.17, 15) is 4.79 Å². The van der Waals surface area contributed by atoms with E-state index in [1.54, 1.807) is 0 Å². The Morgan fingerprint density at radius 3 is 2.44 bits per heavy atom. The summed E-state index contributed by atoms with van der Waals surface area (Å²) >= 11 is 0. The third kappa shape index (κ3) is 3.28. The Hall–Kier alpha value is -3.40. The number of aromatic amines is 1. The highest BCUT2D eigenvalue weighted by Gasteiger charge is 2.04. The lowest BCUT2D eigenvalue weighted by Gasteiger charge is -2.08. The smallest absolute Gasteiger partial charge is 0.258 e. The molecule has 0 bridgehead atoms. The van der Waals surface area contributed by atoms with E-state index in [-0.39, 0.29) is 5.56 Å². The van der Waals surface area contributed by atoms with Gasteiger partial charge in [0.25, 0.3) is 5.56 Å². The van der Waals surface area contributed by atoms with Crippen molar-refractivity contribution in [2.24, 2.45) is 0 Å². The Bertz CT molecular complexity index is 1050. The molecule has 1 heterocycles. The summed E-state index contributed by atoms with van der Waals surface area (Å²) in [7, 11) is 0. The zero-order chi connectivity index (χ0) is 17.1. The summed E-state index contributed by atoms with van der Waals surface area (Å²) in [5.74, 6) is 0.813. The van der Waals surface area contributed by atoms with Crippen LogP contribution < -0.4 is 10.3 Å². The van der Waals surface area contributed by atoms with Gasteiger partial charge in [-0.2, -0.15) is 0 Å². The molecule has 4 aromatic rings. The molecule has 0 saturated carbocycles. The molecule has 0 radical (unpaired) electrons. The summed E-state index contributed by atoms with van der Waals surface area (Å²) in [4.78, 5) is 18.7. The number of nitrogens with zero attached hydrogens (tertiary/aromatic N) is 1. The predicted octanol–water partition coefficient (Wildman–Crippen LogP) is 4.17. The Kier molecular flexibility index (Phi) is 4.01. The molecule has 0 saturated heterocycles. The molecule has 122 valence electrons. The molecular weight excluding hydrogens is 312 g/mol. The number of H-pyrrole nitrogens is 1. The maximum Gasteiger partial charge on any atom is 0.258 e. The standard InChI is InChI=1S/C21H16N2O2/c24-21-19-12-17(8-11-20(19)22-14-23-21)16-6-9-18(10-7-16)25-13-15-4-2-1-3-5-15/h1-12,14H,13H2,(H,22,23,24). The molecule has 4 heteroatoms. The van der Waals surface area contributed by atoms with Crippen LogP contribution in [0.4, 0.5) is 0 Å². The molecule has 3 aromatic carbocycles. The quantitative estimate of drug-likeness (QED) is 0.612. The highest BCUT2D eigenvalue weighted by molar-refractivity contribution is 5.83. The van der Waals surface area contributed by atoms with E-state index < -0.39 is 0 Å². The van der Waals surface area contributed by atoms with Crippen molar-refractivity contribution in [2.45, 2.75) is 6.61 Å². The topological polar surface area (TPSA) is 55.0 Å². The van der Waals surface area contributed by atoms with Crippen LogP contribution in [0.15, 0.2) is 83.9 Å². The Morgan fingerprint density at radius 2 is 1.64 bits per heavy atom. The van der Waals surface area contributed by atoms with Gasteiger partial charge in [0.2, 0.25) is 0 Å². The second kappa shape index (κ2) is 6.61. The van der Waals surface area contributed by atoms with Crippen LogP contribution in [0, 0.1) is 0 Å². The lowest BCUT2D eigenvalue weighted by atomic mass is 10.0. The van der Waals surface area contributed by atoms with Crippen LogP contribution >= 0.6 is 0 Å². The number of hydrogen-bond acceptors (Lipinski definition) is 3. The van der Waals surface area contributed by atoms with Crippen molar-refractivity contribution >= 4 is 10.9 Å². The maximum absolute atomic E-state index is 11.9. The first-order chi connectivity index (χ1) is 12.3. The Balaban J connectivity index is 1.56. The minimum Gasteiger partial charge on any atom is -0.489 e. The second-order valence-electron chi connectivity index (χ2n) is 5.76. The number of hydrogen-bond donors (Lipinski definition) is 1. The average molecular weight is 328 g/mol. The van der Waals surface area contributed by atoms with Gasteiger partial charge in [0.1, 0.15) is 12.4 Å². The number of rotatable bonds is 4. The molecule has 4 nitrogen and oxygen atoms in total. The number of nitrogens with one attached hydrogen (secondary N) is 1. The number of fused-ring (bicyclic) bond motifs is 1. The molecule has 0 spiro atoms. The van der Waals surface area contributed by atoms with Gasteiger partial charge in [-0.15, -0.1) is 0 Å². The van der Waals surface area contributed by atoms with Crippen LogP contribution in [0.3, 0.4) is 0 Å². The fourth-order valence-electron chi connectivity index (χ4n) is 2.73. The van der Waals surface area contributed by atoms with Gasteiger partial charge in [0.15, 0.2) is 0 Å². The summed E-state index contributed by atoms with van der Waals surface area (Å²) in [5, 5.41) is 0.587. The summed E-state index contributed by atoms with van der Waals surface area (Å²) in [5.41, 5.74) is 3.69. The number of ether oxygens (including phenoxy) is 1. The molecule has 1 N–H and O–H groups in total. The molecular formula is C21H16N2O2. The van der Waals surface area contributed by atoms with Gasteiger partial charge < -0.3 is 9.72 Å². The maximum atomic E-state index is 11.9. The fourth-order valence-corrected chi connectivity index (χ4v) is 2.73. The molecule has 4 rings (SSSR count). The third-order valence-electron chi connectivity index (χ3n) is 4.08. The van der Waals surface area contributed by atoms with Crippen LogP contribution in [0.5, 0.6) is 5.75 Å². The summed E-state index contributed by atoms with van der Waals surface area (Å²) in [6, 6.07) is 23.6. The SMILES string of the molecule is O=c1[nH]cnc2ccc(-c3ccc(OCc4ccccc4)cc3)cc12. The minimum absolute atomic E-state index is 0.130. The molecule has 0 aliphatic heterocycles. The summed E-state index contributed by atoms with van der Waals surface area (Å²) in [6.45, 7) is 0.539. The zero-order valence-electron chi connectivity index (χ0n) is 13.5. The van der Waals surface area contributed by atoms with Crippen molar-refractivity contribution in [3.63, 3.8) is 0 Å². The van der Waals surface area contributed by atoms with E-state index in [1.807, 2.05) is 72.8 Å². The first-order valence-electron chi connectivity index (χ1n) is 8.04. The lowest BCUT2D eigenvalue weighted by molar-refractivity contribution is 0.306. The fraction of sp³-hybridized carbons (Fsp3) is 0.0476. The van der Waals surface area contributed by atoms with Crippen molar-refractivity contribution < 1.29 is 4.74 Å². The third-order valence-corrected chi connectivity index (χ3v) is 4.08. The first-order valence-corrected chi connectivity index (χ1v) is 8.04. The highest BCUT2D eigenvalue weighted by Crippen LogP contribution is 2.24. The lowest BCUT2D eigenvalue weighted by Crippen LogP contribution is -2.05. The molecule has 0 fully saturated rings. The van der Waals surface area contributed by atoms with Crippen LogP contribution in [0.25, 0.3) is 22.0 Å². The average Bonchev–Trinajstić information content (AvgIpc) is 2.68. The van der Waals surface area contributed by atoms with E-state index in [4.69, 9.17) is 4.74 Å². The molecule has 0 aliphatic rings. The Morgan fingerprint density at radius 1 is 0.880 bits per heavy atom. The summed E-state index contributed by atoms with van der Waals surface area (Å²) in [6.07, 6.45) is 1.42. The van der Waals surface area contributed by atoms with Gasteiger partial charge >= 0.3 is 0 Å². The largest absolute Gasteiger partial charge is 0.489 e. The monoisotopic (exact) mass is 328 g/mol. The van der Waals surface area contributed by atoms with Gasteiger partial charge in [-0.3, -0.25) is 4.79 Å². The van der Waals surface area contributed by atoms with Crippen LogP contribution in [-0.4, -0.2) is 9.97 Å². The normalized spacial score (nSPS) is 10.7.